The van der Waals surface area contributed by atoms with E-state index in [1.807, 2.05) is 23.6 Å². The van der Waals surface area contributed by atoms with Crippen LogP contribution < -0.4 is 10.1 Å². The molecule has 1 N–H and O–H groups in total. The van der Waals surface area contributed by atoms with Gasteiger partial charge in [-0.2, -0.15) is 0 Å². The van der Waals surface area contributed by atoms with E-state index in [1.165, 1.54) is 5.56 Å². The fraction of sp³-hybridized carbons (Fsp3) is 0.188. The molecule has 5 nitrogen and oxygen atoms in total. The minimum absolute atomic E-state index is 0.228. The van der Waals surface area contributed by atoms with Crippen LogP contribution in [-0.4, -0.2) is 21.6 Å². The van der Waals surface area contributed by atoms with Gasteiger partial charge in [0.1, 0.15) is 17.1 Å². The van der Waals surface area contributed by atoms with Gasteiger partial charge in [0.25, 0.3) is 0 Å². The largest absolute Gasteiger partial charge is 0.493 e. The molecule has 22 heavy (non-hydrogen) atoms. The topological polar surface area (TPSA) is 59.9 Å². The molecular weight excluding hydrogens is 296 g/mol. The zero-order valence-electron chi connectivity index (χ0n) is 11.8. The van der Waals surface area contributed by atoms with Gasteiger partial charge in [0, 0.05) is 29.8 Å². The molecule has 6 heteroatoms. The van der Waals surface area contributed by atoms with Crippen molar-refractivity contribution in [2.45, 2.75) is 12.5 Å². The molecule has 3 aromatic rings. The Kier molecular flexibility index (Phi) is 3.44. The van der Waals surface area contributed by atoms with Gasteiger partial charge in [0.05, 0.1) is 18.8 Å². The summed E-state index contributed by atoms with van der Waals surface area (Å²) >= 11 is 1.58. The number of thiazole rings is 1. The minimum Gasteiger partial charge on any atom is -0.493 e. The van der Waals surface area contributed by atoms with Crippen LogP contribution in [0.15, 0.2) is 48.2 Å². The Hall–Kier alpha value is -2.47. The zero-order chi connectivity index (χ0) is 14.8. The standard InChI is InChI=1S/C16H14N4OS/c1-2-4-15-11(3-1)12(5-8-21-15)19-16-20-14(10-22-16)13-9-17-6-7-18-13/h1-4,6-7,9-10,12H,5,8H2,(H,19,20)/t12-/m0/s1. The molecule has 4 rings (SSSR count). The lowest BCUT2D eigenvalue weighted by Crippen LogP contribution is -2.20. The van der Waals surface area contributed by atoms with E-state index in [4.69, 9.17) is 4.74 Å². The number of nitrogens with zero attached hydrogens (tertiary/aromatic N) is 3. The Morgan fingerprint density at radius 2 is 2.14 bits per heavy atom. The summed E-state index contributed by atoms with van der Waals surface area (Å²) in [6.45, 7) is 0.719. The molecule has 0 unspecified atom stereocenters. The third-order valence-corrected chi connectivity index (χ3v) is 4.36. The van der Waals surface area contributed by atoms with Gasteiger partial charge >= 0.3 is 0 Å². The highest BCUT2D eigenvalue weighted by atomic mass is 32.1. The molecular formula is C16H14N4OS. The second kappa shape index (κ2) is 5.73. The van der Waals surface area contributed by atoms with Crippen molar-refractivity contribution in [1.29, 1.82) is 0 Å². The number of fused-ring (bicyclic) bond motifs is 1. The van der Waals surface area contributed by atoms with Gasteiger partial charge in [-0.15, -0.1) is 11.3 Å². The van der Waals surface area contributed by atoms with Crippen molar-refractivity contribution < 1.29 is 4.74 Å². The third kappa shape index (κ3) is 2.53. The van der Waals surface area contributed by atoms with Crippen LogP contribution >= 0.6 is 11.3 Å². The Morgan fingerprint density at radius 3 is 3.05 bits per heavy atom. The Balaban J connectivity index is 1.57. The van der Waals surface area contributed by atoms with E-state index < -0.39 is 0 Å². The normalized spacial score (nSPS) is 16.6. The van der Waals surface area contributed by atoms with Gasteiger partial charge in [-0.1, -0.05) is 18.2 Å². The van der Waals surface area contributed by atoms with Crippen molar-refractivity contribution in [2.24, 2.45) is 0 Å². The highest BCUT2D eigenvalue weighted by Gasteiger charge is 2.21. The lowest BCUT2D eigenvalue weighted by Gasteiger charge is -2.26. The third-order valence-electron chi connectivity index (χ3n) is 3.59. The molecule has 3 heterocycles. The van der Waals surface area contributed by atoms with Crippen LogP contribution in [0.4, 0.5) is 5.13 Å². The van der Waals surface area contributed by atoms with Crippen LogP contribution in [0.5, 0.6) is 5.75 Å². The number of nitrogens with one attached hydrogen (secondary N) is 1. The first-order valence-electron chi connectivity index (χ1n) is 7.10. The maximum atomic E-state index is 5.69. The number of anilines is 1. The first-order valence-corrected chi connectivity index (χ1v) is 7.98. The molecule has 110 valence electrons. The van der Waals surface area contributed by atoms with Crippen LogP contribution in [0.1, 0.15) is 18.0 Å². The van der Waals surface area contributed by atoms with Crippen molar-refractivity contribution >= 4 is 16.5 Å². The van der Waals surface area contributed by atoms with Gasteiger partial charge in [-0.25, -0.2) is 4.98 Å². The van der Waals surface area contributed by atoms with Crippen molar-refractivity contribution in [3.05, 3.63) is 53.8 Å². The summed E-state index contributed by atoms with van der Waals surface area (Å²) in [5.74, 6) is 0.956. The molecule has 0 radical (unpaired) electrons. The first kappa shape index (κ1) is 13.2. The average Bonchev–Trinajstić information content (AvgIpc) is 3.05. The summed E-state index contributed by atoms with van der Waals surface area (Å²) in [6, 6.07) is 8.37. The van der Waals surface area contributed by atoms with Gasteiger partial charge in [-0.05, 0) is 6.07 Å². The van der Waals surface area contributed by atoms with Crippen molar-refractivity contribution in [3.8, 4) is 17.1 Å². The van der Waals surface area contributed by atoms with E-state index in [9.17, 15) is 0 Å². The monoisotopic (exact) mass is 310 g/mol. The molecule has 0 saturated carbocycles. The molecule has 0 bridgehead atoms. The molecule has 1 aliphatic rings. The van der Waals surface area contributed by atoms with Gasteiger partial charge in [-0.3, -0.25) is 9.97 Å². The van der Waals surface area contributed by atoms with Gasteiger partial charge in [0.15, 0.2) is 5.13 Å². The first-order chi connectivity index (χ1) is 10.9. The fourth-order valence-electron chi connectivity index (χ4n) is 2.53. The molecule has 0 saturated heterocycles. The highest BCUT2D eigenvalue weighted by Crippen LogP contribution is 2.35. The maximum Gasteiger partial charge on any atom is 0.183 e. The average molecular weight is 310 g/mol. The minimum atomic E-state index is 0.228. The van der Waals surface area contributed by atoms with Crippen molar-refractivity contribution in [1.82, 2.24) is 15.0 Å². The summed E-state index contributed by atoms with van der Waals surface area (Å²) in [4.78, 5) is 13.0. The van der Waals surface area contributed by atoms with E-state index in [1.54, 1.807) is 29.9 Å². The molecule has 1 aliphatic heterocycles. The van der Waals surface area contributed by atoms with E-state index >= 15 is 0 Å². The number of aromatic nitrogens is 3. The highest BCUT2D eigenvalue weighted by molar-refractivity contribution is 7.14. The number of rotatable bonds is 3. The van der Waals surface area contributed by atoms with E-state index in [0.717, 1.165) is 35.3 Å². The summed E-state index contributed by atoms with van der Waals surface area (Å²) in [5, 5.41) is 6.40. The van der Waals surface area contributed by atoms with E-state index in [2.05, 4.69) is 26.3 Å². The predicted molar refractivity (Wildman–Crippen MR) is 86.1 cm³/mol. The van der Waals surface area contributed by atoms with Crippen LogP contribution in [0.3, 0.4) is 0 Å². The fourth-order valence-corrected chi connectivity index (χ4v) is 3.29. The second-order valence-electron chi connectivity index (χ2n) is 5.00. The lowest BCUT2D eigenvalue weighted by atomic mass is 10.0. The van der Waals surface area contributed by atoms with Gasteiger partial charge < -0.3 is 10.1 Å². The van der Waals surface area contributed by atoms with Crippen LogP contribution in [0, 0.1) is 0 Å². The smallest absolute Gasteiger partial charge is 0.183 e. The molecule has 2 aromatic heterocycles. The number of benzene rings is 1. The van der Waals surface area contributed by atoms with Crippen LogP contribution in [-0.2, 0) is 0 Å². The van der Waals surface area contributed by atoms with Crippen molar-refractivity contribution in [2.75, 3.05) is 11.9 Å². The number of hydrogen-bond acceptors (Lipinski definition) is 6. The molecule has 1 atom stereocenters. The van der Waals surface area contributed by atoms with Crippen LogP contribution in [0.25, 0.3) is 11.4 Å². The summed E-state index contributed by atoms with van der Waals surface area (Å²) < 4.78 is 5.69. The van der Waals surface area contributed by atoms with Crippen molar-refractivity contribution in [3.63, 3.8) is 0 Å². The maximum absolute atomic E-state index is 5.69. The zero-order valence-corrected chi connectivity index (χ0v) is 12.6. The lowest BCUT2D eigenvalue weighted by molar-refractivity contribution is 0.274. The molecule has 0 spiro atoms. The molecule has 0 aliphatic carbocycles. The molecule has 0 amide bonds. The summed E-state index contributed by atoms with van der Waals surface area (Å²) in [7, 11) is 0. The summed E-state index contributed by atoms with van der Waals surface area (Å²) in [5.41, 5.74) is 2.82. The Labute approximate surface area is 132 Å². The number of ether oxygens (including phenoxy) is 1. The second-order valence-corrected chi connectivity index (χ2v) is 5.86. The predicted octanol–water partition coefficient (Wildman–Crippen LogP) is 3.54. The SMILES string of the molecule is c1ccc2c(c1)OCC[C@@H]2Nc1nc(-c2cnccn2)cs1. The quantitative estimate of drug-likeness (QED) is 0.802. The molecule has 0 fully saturated rings. The molecule has 1 aromatic carbocycles. The Morgan fingerprint density at radius 1 is 1.18 bits per heavy atom. The van der Waals surface area contributed by atoms with E-state index in [0.29, 0.717) is 0 Å². The number of para-hydroxylation sites is 1. The van der Waals surface area contributed by atoms with E-state index in [-0.39, 0.29) is 6.04 Å². The Bertz CT molecular complexity index is 775. The number of hydrogen-bond donors (Lipinski definition) is 1. The van der Waals surface area contributed by atoms with Crippen LogP contribution in [0.2, 0.25) is 0 Å². The summed E-state index contributed by atoms with van der Waals surface area (Å²) in [6.07, 6.45) is 5.99. The van der Waals surface area contributed by atoms with Gasteiger partial charge in [0.2, 0.25) is 0 Å².